The maximum absolute atomic E-state index is 12.9. The van der Waals surface area contributed by atoms with Gasteiger partial charge in [0, 0.05) is 24.0 Å². The van der Waals surface area contributed by atoms with Crippen molar-refractivity contribution in [1.82, 2.24) is 4.98 Å². The highest BCUT2D eigenvalue weighted by atomic mass is 35.5. The van der Waals surface area contributed by atoms with Crippen LogP contribution in [0.3, 0.4) is 0 Å². The summed E-state index contributed by atoms with van der Waals surface area (Å²) >= 11 is 6.23. The first kappa shape index (κ1) is 22.4. The molecule has 1 aliphatic carbocycles. The minimum atomic E-state index is -0.0764. The maximum atomic E-state index is 12.9. The van der Waals surface area contributed by atoms with Gasteiger partial charge in [-0.2, -0.15) is 0 Å². The molecule has 4 rings (SSSR count). The molecule has 1 fully saturated rings. The van der Waals surface area contributed by atoms with E-state index in [2.05, 4.69) is 10.3 Å². The molecule has 0 aliphatic heterocycles. The molecule has 0 radical (unpaired) electrons. The third-order valence-corrected chi connectivity index (χ3v) is 6.47. The van der Waals surface area contributed by atoms with E-state index >= 15 is 0 Å². The van der Waals surface area contributed by atoms with E-state index in [1.54, 1.807) is 18.3 Å². The molecule has 1 aromatic heterocycles. The van der Waals surface area contributed by atoms with Gasteiger partial charge in [-0.15, -0.1) is 0 Å². The summed E-state index contributed by atoms with van der Waals surface area (Å²) in [4.78, 5) is 17.5. The molecule has 1 saturated carbocycles. The molecule has 0 amide bonds. The van der Waals surface area contributed by atoms with Gasteiger partial charge in [0.15, 0.2) is 17.3 Å². The van der Waals surface area contributed by atoms with Crippen molar-refractivity contribution in [2.45, 2.75) is 57.9 Å². The Bertz CT molecular complexity index is 1140. The Hall–Kier alpha value is -2.79. The first-order chi connectivity index (χ1) is 15.5. The van der Waals surface area contributed by atoms with Crippen molar-refractivity contribution >= 4 is 34.0 Å². The number of benzene rings is 2. The van der Waals surface area contributed by atoms with Crippen LogP contribution in [0.2, 0.25) is 5.02 Å². The van der Waals surface area contributed by atoms with Crippen molar-refractivity contribution in [1.29, 1.82) is 0 Å². The third kappa shape index (κ3) is 4.53. The number of ketones is 1. The number of Topliss-reactive ketones (excluding diaryl/α,β-unsaturated/α-hetero) is 1. The number of phenolic OH excluding ortho intramolecular Hbond substituents is 1. The highest BCUT2D eigenvalue weighted by Crippen LogP contribution is 2.40. The first-order valence-electron chi connectivity index (χ1n) is 11.3. The normalized spacial score (nSPS) is 14.5. The second-order valence-electron chi connectivity index (χ2n) is 8.44. The van der Waals surface area contributed by atoms with Gasteiger partial charge in [-0.05, 0) is 54.7 Å². The lowest BCUT2D eigenvalue weighted by Crippen LogP contribution is -2.24. The number of nitrogens with one attached hydrogen (secondary N) is 1. The number of hydrogen-bond acceptors (Lipinski definition) is 5. The number of fused-ring (bicyclic) bond motifs is 1. The molecule has 0 unspecified atom stereocenters. The molecule has 1 aliphatic rings. The van der Waals surface area contributed by atoms with Crippen LogP contribution >= 0.6 is 11.6 Å². The maximum Gasteiger partial charge on any atom is 0.176 e. The number of methoxy groups -OCH3 is 1. The zero-order chi connectivity index (χ0) is 22.7. The summed E-state index contributed by atoms with van der Waals surface area (Å²) in [5.74, 6) is 0.352. The summed E-state index contributed by atoms with van der Waals surface area (Å²) in [6, 6.07) is 9.80. The van der Waals surface area contributed by atoms with Crippen LogP contribution in [0.5, 0.6) is 11.5 Å². The van der Waals surface area contributed by atoms with Crippen LogP contribution in [0, 0.1) is 0 Å². The molecule has 0 saturated heterocycles. The molecule has 0 atom stereocenters. The number of aromatic hydroxyl groups is 1. The van der Waals surface area contributed by atoms with Gasteiger partial charge in [0.1, 0.15) is 0 Å². The average molecular weight is 453 g/mol. The van der Waals surface area contributed by atoms with Gasteiger partial charge >= 0.3 is 0 Å². The summed E-state index contributed by atoms with van der Waals surface area (Å²) < 4.78 is 5.27. The van der Waals surface area contributed by atoms with Crippen LogP contribution in [0.15, 0.2) is 36.5 Å². The van der Waals surface area contributed by atoms with Crippen LogP contribution in [-0.2, 0) is 0 Å². The minimum absolute atomic E-state index is 0.0764. The molecule has 6 heteroatoms. The quantitative estimate of drug-likeness (QED) is 0.377. The van der Waals surface area contributed by atoms with Crippen LogP contribution < -0.4 is 10.1 Å². The number of carbonyl (C=O) groups excluding carboxylic acids is 1. The molecule has 3 aromatic rings. The number of ether oxygens (including phenoxy) is 1. The van der Waals surface area contributed by atoms with Crippen molar-refractivity contribution in [2.24, 2.45) is 0 Å². The van der Waals surface area contributed by atoms with Crippen LogP contribution in [0.1, 0.15) is 62.2 Å². The van der Waals surface area contributed by atoms with Crippen molar-refractivity contribution in [2.75, 3.05) is 12.4 Å². The van der Waals surface area contributed by atoms with Gasteiger partial charge in [0.2, 0.25) is 0 Å². The van der Waals surface area contributed by atoms with Crippen molar-refractivity contribution in [3.05, 3.63) is 47.1 Å². The Kier molecular flexibility index (Phi) is 6.85. The molecule has 2 N–H and O–H groups in total. The second-order valence-corrected chi connectivity index (χ2v) is 8.85. The molecule has 0 spiro atoms. The number of phenols is 1. The summed E-state index contributed by atoms with van der Waals surface area (Å²) in [7, 11) is 1.50. The Morgan fingerprint density at radius 2 is 1.97 bits per heavy atom. The number of pyridine rings is 1. The van der Waals surface area contributed by atoms with E-state index in [9.17, 15) is 9.90 Å². The lowest BCUT2D eigenvalue weighted by molar-refractivity contribution is 0.0982. The van der Waals surface area contributed by atoms with Crippen LogP contribution in [-0.4, -0.2) is 29.0 Å². The SMILES string of the molecule is CCCC(=O)c1cnc2ccc(-c3cc(Cl)c(O)c(OC)c3)cc2c1NC1CCCCC1. The summed E-state index contributed by atoms with van der Waals surface area (Å²) in [5, 5.41) is 14.9. The van der Waals surface area contributed by atoms with E-state index in [-0.39, 0.29) is 16.6 Å². The largest absolute Gasteiger partial charge is 0.503 e. The predicted octanol–water partition coefficient (Wildman–Crippen LogP) is 7.00. The van der Waals surface area contributed by atoms with Crippen LogP contribution in [0.4, 0.5) is 5.69 Å². The van der Waals surface area contributed by atoms with E-state index in [0.717, 1.165) is 47.0 Å². The molecule has 2 aromatic carbocycles. The number of hydrogen-bond donors (Lipinski definition) is 2. The molecule has 5 nitrogen and oxygen atoms in total. The number of nitrogens with zero attached hydrogens (tertiary/aromatic N) is 1. The zero-order valence-corrected chi connectivity index (χ0v) is 19.3. The Labute approximate surface area is 193 Å². The lowest BCUT2D eigenvalue weighted by atomic mass is 9.93. The lowest BCUT2D eigenvalue weighted by Gasteiger charge is -2.26. The molecular formula is C26H29ClN2O3. The van der Waals surface area contributed by atoms with Gasteiger partial charge in [-0.1, -0.05) is 43.9 Å². The molecule has 168 valence electrons. The van der Waals surface area contributed by atoms with Crippen molar-refractivity contribution in [3.8, 4) is 22.6 Å². The summed E-state index contributed by atoms with van der Waals surface area (Å²) in [5.41, 5.74) is 4.09. The average Bonchev–Trinajstić information content (AvgIpc) is 2.81. The smallest absolute Gasteiger partial charge is 0.176 e. The number of halogens is 1. The second kappa shape index (κ2) is 9.78. The molecule has 32 heavy (non-hydrogen) atoms. The fourth-order valence-corrected chi connectivity index (χ4v) is 4.66. The fourth-order valence-electron chi connectivity index (χ4n) is 4.45. The molecule has 1 heterocycles. The van der Waals surface area contributed by atoms with Crippen LogP contribution in [0.25, 0.3) is 22.0 Å². The molecule has 0 bridgehead atoms. The van der Waals surface area contributed by atoms with Crippen molar-refractivity contribution < 1.29 is 14.6 Å². The highest BCUT2D eigenvalue weighted by Gasteiger charge is 2.20. The van der Waals surface area contributed by atoms with Gasteiger partial charge in [-0.3, -0.25) is 9.78 Å². The van der Waals surface area contributed by atoms with E-state index < -0.39 is 0 Å². The number of carbonyl (C=O) groups is 1. The van der Waals surface area contributed by atoms with Gasteiger partial charge in [0.05, 0.1) is 28.9 Å². The number of rotatable bonds is 7. The minimum Gasteiger partial charge on any atom is -0.503 e. The third-order valence-electron chi connectivity index (χ3n) is 6.18. The monoisotopic (exact) mass is 452 g/mol. The van der Waals surface area contributed by atoms with E-state index in [1.807, 2.05) is 25.1 Å². The summed E-state index contributed by atoms with van der Waals surface area (Å²) in [6.45, 7) is 2.01. The standard InChI is InChI=1S/C26H29ClN2O3/c1-3-7-23(30)20-15-28-22-11-10-16(17-13-21(27)26(31)24(14-17)32-2)12-19(22)25(20)29-18-8-5-4-6-9-18/h10-15,18,31H,3-9H2,1-2H3,(H,28,29). The Balaban J connectivity index is 1.85. The van der Waals surface area contributed by atoms with E-state index in [0.29, 0.717) is 23.8 Å². The Morgan fingerprint density at radius 3 is 2.69 bits per heavy atom. The first-order valence-corrected chi connectivity index (χ1v) is 11.7. The number of anilines is 1. The van der Waals surface area contributed by atoms with E-state index in [1.165, 1.54) is 26.4 Å². The topological polar surface area (TPSA) is 71.5 Å². The van der Waals surface area contributed by atoms with Crippen molar-refractivity contribution in [3.63, 3.8) is 0 Å². The highest BCUT2D eigenvalue weighted by molar-refractivity contribution is 6.32. The Morgan fingerprint density at radius 1 is 1.19 bits per heavy atom. The number of aromatic nitrogens is 1. The molecular weight excluding hydrogens is 424 g/mol. The van der Waals surface area contributed by atoms with Gasteiger partial charge < -0.3 is 15.2 Å². The van der Waals surface area contributed by atoms with Gasteiger partial charge in [0.25, 0.3) is 0 Å². The van der Waals surface area contributed by atoms with Gasteiger partial charge in [-0.25, -0.2) is 0 Å². The van der Waals surface area contributed by atoms with E-state index in [4.69, 9.17) is 16.3 Å². The fraction of sp³-hybridized carbons (Fsp3) is 0.385. The summed E-state index contributed by atoms with van der Waals surface area (Å²) in [6.07, 6.45) is 8.90. The predicted molar refractivity (Wildman–Crippen MR) is 130 cm³/mol. The zero-order valence-electron chi connectivity index (χ0n) is 18.6.